The number of quaternary nitrogens is 1. The van der Waals surface area contributed by atoms with Crippen molar-refractivity contribution < 1.29 is 42.1 Å². The summed E-state index contributed by atoms with van der Waals surface area (Å²) in [5, 5.41) is 0. The number of phosphoric acid groups is 1. The Morgan fingerprint density at radius 2 is 0.695 bits per heavy atom. The van der Waals surface area contributed by atoms with Crippen LogP contribution < -0.4 is 4.89 Å². The number of ether oxygens (including phenoxy) is 2. The molecule has 82 heavy (non-hydrogen) atoms. The average molecular weight is 1160 g/mol. The van der Waals surface area contributed by atoms with Crippen LogP contribution in [0.25, 0.3) is 0 Å². The third-order valence-corrected chi connectivity index (χ3v) is 15.2. The Morgan fingerprint density at radius 3 is 1.06 bits per heavy atom. The van der Waals surface area contributed by atoms with Gasteiger partial charge in [-0.3, -0.25) is 14.2 Å². The number of phosphoric ester groups is 1. The maximum atomic E-state index is 12.8. The Balaban J connectivity index is 4.03. The van der Waals surface area contributed by atoms with Crippen molar-refractivity contribution >= 4 is 19.8 Å². The Bertz CT molecular complexity index is 1750. The molecule has 0 radical (unpaired) electrons. The van der Waals surface area contributed by atoms with E-state index in [4.69, 9.17) is 18.5 Å². The first-order valence-corrected chi connectivity index (χ1v) is 35.1. The largest absolute Gasteiger partial charge is 0.756 e. The Kier molecular flexibility index (Phi) is 59.7. The number of nitrogens with zero attached hydrogens (tertiary/aromatic N) is 1. The fraction of sp³-hybridized carbons (Fsp3) is 0.722. The standard InChI is InChI=1S/C72H126NO8P/c1-6-8-10-12-14-16-18-20-22-24-26-28-29-30-31-32-33-34-35-36-37-38-39-40-41-42-43-45-46-48-50-52-54-56-58-60-62-64-71(74)78-68-70(69-80-82(76,77)79-67-66-73(3,4)5)81-72(75)65-63-61-59-57-55-53-51-49-47-44-27-25-23-21-19-17-15-13-11-9-7-2/h9,11,15,17-18,20-21,23-24,26-27,29-30,44,49,51,55,57,70H,6-8,10,12-14,16,19,22,25,28,31-43,45-48,50,52-54,56,58-69H2,1-5H3/b11-9-,17-15-,20-18-,23-21-,26-24-,30-29-,44-27-,51-49-,57-55-. The van der Waals surface area contributed by atoms with Gasteiger partial charge in [-0.15, -0.1) is 0 Å². The van der Waals surface area contributed by atoms with Gasteiger partial charge in [0.2, 0.25) is 0 Å². The van der Waals surface area contributed by atoms with Crippen LogP contribution in [0.15, 0.2) is 109 Å². The van der Waals surface area contributed by atoms with Crippen LogP contribution in [0.3, 0.4) is 0 Å². The molecule has 9 nitrogen and oxygen atoms in total. The second-order valence-electron chi connectivity index (χ2n) is 23.5. The first-order valence-electron chi connectivity index (χ1n) is 33.6. The molecule has 0 aromatic carbocycles. The van der Waals surface area contributed by atoms with E-state index >= 15 is 0 Å². The van der Waals surface area contributed by atoms with E-state index in [1.807, 2.05) is 21.1 Å². The predicted molar refractivity (Wildman–Crippen MR) is 351 cm³/mol. The molecule has 0 saturated carbocycles. The number of esters is 2. The highest BCUT2D eigenvalue weighted by molar-refractivity contribution is 7.45. The molecule has 0 aliphatic carbocycles. The first-order chi connectivity index (χ1) is 40.0. The van der Waals surface area contributed by atoms with E-state index in [2.05, 4.69) is 123 Å². The topological polar surface area (TPSA) is 111 Å². The second-order valence-corrected chi connectivity index (χ2v) is 24.9. The van der Waals surface area contributed by atoms with E-state index in [1.54, 1.807) is 0 Å². The highest BCUT2D eigenvalue weighted by Crippen LogP contribution is 2.38. The highest BCUT2D eigenvalue weighted by Gasteiger charge is 2.22. The Morgan fingerprint density at radius 1 is 0.390 bits per heavy atom. The van der Waals surface area contributed by atoms with E-state index in [0.717, 1.165) is 83.5 Å². The van der Waals surface area contributed by atoms with Gasteiger partial charge in [-0.2, -0.15) is 0 Å². The van der Waals surface area contributed by atoms with E-state index in [0.29, 0.717) is 17.4 Å². The molecule has 0 spiro atoms. The van der Waals surface area contributed by atoms with Gasteiger partial charge < -0.3 is 27.9 Å². The van der Waals surface area contributed by atoms with Crippen molar-refractivity contribution in [1.82, 2.24) is 0 Å². The van der Waals surface area contributed by atoms with Crippen LogP contribution in [-0.2, 0) is 32.7 Å². The predicted octanol–water partition coefficient (Wildman–Crippen LogP) is 21.1. The number of unbranched alkanes of at least 4 members (excludes halogenated alkanes) is 29. The second kappa shape index (κ2) is 62.2. The van der Waals surface area contributed by atoms with Gasteiger partial charge in [0.1, 0.15) is 19.8 Å². The number of allylic oxidation sites excluding steroid dienone is 18. The Labute approximate surface area is 506 Å². The van der Waals surface area contributed by atoms with Crippen molar-refractivity contribution in [3.05, 3.63) is 109 Å². The molecule has 2 atom stereocenters. The molecule has 2 unspecified atom stereocenters. The maximum Gasteiger partial charge on any atom is 0.306 e. The molecule has 0 bridgehead atoms. The first kappa shape index (κ1) is 78.7. The molecule has 0 aromatic rings. The molecule has 0 saturated heterocycles. The number of rotatable bonds is 61. The number of carbonyl (C=O) groups excluding carboxylic acids is 2. The van der Waals surface area contributed by atoms with Crippen LogP contribution in [0, 0.1) is 0 Å². The fourth-order valence-electron chi connectivity index (χ4n) is 9.14. The van der Waals surface area contributed by atoms with Crippen LogP contribution >= 0.6 is 7.82 Å². The number of carbonyl (C=O) groups is 2. The van der Waals surface area contributed by atoms with Crippen LogP contribution in [-0.4, -0.2) is 70.0 Å². The van der Waals surface area contributed by atoms with Crippen molar-refractivity contribution in [3.8, 4) is 0 Å². The van der Waals surface area contributed by atoms with Crippen molar-refractivity contribution in [1.29, 1.82) is 0 Å². The maximum absolute atomic E-state index is 12.8. The smallest absolute Gasteiger partial charge is 0.306 e. The summed E-state index contributed by atoms with van der Waals surface area (Å²) in [6.07, 6.45) is 87.5. The van der Waals surface area contributed by atoms with Gasteiger partial charge in [0.05, 0.1) is 27.7 Å². The van der Waals surface area contributed by atoms with Crippen molar-refractivity contribution in [2.45, 2.75) is 290 Å². The highest BCUT2D eigenvalue weighted by atomic mass is 31.2. The minimum atomic E-state index is -4.66. The normalized spacial score (nSPS) is 13.9. The molecule has 10 heteroatoms. The number of hydrogen-bond acceptors (Lipinski definition) is 8. The molecular weight excluding hydrogens is 1040 g/mol. The van der Waals surface area contributed by atoms with E-state index < -0.39 is 32.5 Å². The summed E-state index contributed by atoms with van der Waals surface area (Å²) in [6.45, 7) is 4.07. The van der Waals surface area contributed by atoms with Crippen molar-refractivity contribution in [2.24, 2.45) is 0 Å². The van der Waals surface area contributed by atoms with Crippen LogP contribution in [0.5, 0.6) is 0 Å². The zero-order valence-electron chi connectivity index (χ0n) is 53.7. The molecule has 0 heterocycles. The lowest BCUT2D eigenvalue weighted by Gasteiger charge is -2.28. The molecule has 0 fully saturated rings. The average Bonchev–Trinajstić information content (AvgIpc) is 3.46. The summed E-state index contributed by atoms with van der Waals surface area (Å²) in [6, 6.07) is 0. The zero-order chi connectivity index (χ0) is 59.8. The van der Waals surface area contributed by atoms with Gasteiger partial charge in [0.15, 0.2) is 6.10 Å². The summed E-state index contributed by atoms with van der Waals surface area (Å²) in [5.74, 6) is -0.882. The monoisotopic (exact) mass is 1160 g/mol. The molecular formula is C72H126NO8P. The van der Waals surface area contributed by atoms with E-state index in [9.17, 15) is 19.0 Å². The van der Waals surface area contributed by atoms with Gasteiger partial charge in [0.25, 0.3) is 7.82 Å². The third kappa shape index (κ3) is 65.8. The summed E-state index contributed by atoms with van der Waals surface area (Å²) >= 11 is 0. The molecule has 0 amide bonds. The zero-order valence-corrected chi connectivity index (χ0v) is 54.6. The third-order valence-electron chi connectivity index (χ3n) is 14.3. The van der Waals surface area contributed by atoms with Gasteiger partial charge in [-0.25, -0.2) is 0 Å². The van der Waals surface area contributed by atoms with E-state index in [1.165, 1.54) is 167 Å². The quantitative estimate of drug-likeness (QED) is 0.0195. The van der Waals surface area contributed by atoms with Crippen LogP contribution in [0.4, 0.5) is 0 Å². The van der Waals surface area contributed by atoms with Crippen molar-refractivity contribution in [3.63, 3.8) is 0 Å². The molecule has 0 aliphatic heterocycles. The van der Waals surface area contributed by atoms with Gasteiger partial charge in [-0.1, -0.05) is 277 Å². The molecule has 0 N–H and O–H groups in total. The number of likely N-dealkylation sites (N-methyl/N-ethyl adjacent to an activating group) is 1. The minimum absolute atomic E-state index is 0.0436. The minimum Gasteiger partial charge on any atom is -0.756 e. The summed E-state index contributed by atoms with van der Waals surface area (Å²) in [5.41, 5.74) is 0. The summed E-state index contributed by atoms with van der Waals surface area (Å²) in [4.78, 5) is 38.0. The molecule has 472 valence electrons. The van der Waals surface area contributed by atoms with Gasteiger partial charge in [-0.05, 0) is 103 Å². The van der Waals surface area contributed by atoms with Gasteiger partial charge in [0, 0.05) is 12.8 Å². The number of hydrogen-bond donors (Lipinski definition) is 0. The van der Waals surface area contributed by atoms with Crippen molar-refractivity contribution in [2.75, 3.05) is 47.5 Å². The lowest BCUT2D eigenvalue weighted by atomic mass is 10.0. The summed E-state index contributed by atoms with van der Waals surface area (Å²) < 4.78 is 34.2. The van der Waals surface area contributed by atoms with Crippen LogP contribution in [0.1, 0.15) is 284 Å². The lowest BCUT2D eigenvalue weighted by molar-refractivity contribution is -0.870. The Hall–Kier alpha value is -3.33. The van der Waals surface area contributed by atoms with E-state index in [-0.39, 0.29) is 26.1 Å². The van der Waals surface area contributed by atoms with Crippen LogP contribution in [0.2, 0.25) is 0 Å². The molecule has 0 aromatic heterocycles. The summed E-state index contributed by atoms with van der Waals surface area (Å²) in [7, 11) is 1.13. The molecule has 0 aliphatic rings. The molecule has 0 rings (SSSR count). The fourth-order valence-corrected chi connectivity index (χ4v) is 9.87. The van der Waals surface area contributed by atoms with Gasteiger partial charge >= 0.3 is 11.9 Å². The lowest BCUT2D eigenvalue weighted by Crippen LogP contribution is -2.37. The SMILES string of the molecule is CC/C=C\C/C=C\C/C=C\C/C=C\C/C=C\C/C=C\CCCCC(=O)OC(COC(=O)CCCCCCCCCCCCCCCCCCCCCCCC/C=C\C/C=C\C/C=C\CCCCCCC)COP(=O)([O-])OCC[N+](C)(C)C.